The lowest BCUT2D eigenvalue weighted by molar-refractivity contribution is -0.0727. The molecule has 1 unspecified atom stereocenters. The molecule has 5 aliphatic rings. The number of fused-ring (bicyclic) bond motifs is 1. The molecule has 30 heavy (non-hydrogen) atoms. The minimum atomic E-state index is -0.0444. The van der Waals surface area contributed by atoms with Gasteiger partial charge in [-0.2, -0.15) is 5.10 Å². The maximum absolute atomic E-state index is 13.1. The summed E-state index contributed by atoms with van der Waals surface area (Å²) in [6.07, 6.45) is 9.13. The number of amides is 1. The van der Waals surface area contributed by atoms with Crippen LogP contribution in [0.1, 0.15) is 62.4 Å². The van der Waals surface area contributed by atoms with E-state index in [9.17, 15) is 4.79 Å². The summed E-state index contributed by atoms with van der Waals surface area (Å²) in [6, 6.07) is 7.81. The van der Waals surface area contributed by atoms with Crippen LogP contribution in [-0.2, 0) is 0 Å². The highest BCUT2D eigenvalue weighted by Crippen LogP contribution is 2.61. The summed E-state index contributed by atoms with van der Waals surface area (Å²) in [7, 11) is 0. The molecular weight excluding hydrogens is 378 g/mol. The zero-order valence-corrected chi connectivity index (χ0v) is 17.4. The average Bonchev–Trinajstić information content (AvgIpc) is 3.39. The minimum Gasteiger partial charge on any atom is -0.454 e. The second-order valence-corrected chi connectivity index (χ2v) is 9.95. The Morgan fingerprint density at radius 1 is 1.13 bits per heavy atom. The summed E-state index contributed by atoms with van der Waals surface area (Å²) in [4.78, 5) is 13.1. The molecule has 6 heteroatoms. The van der Waals surface area contributed by atoms with Crippen molar-refractivity contribution in [1.82, 2.24) is 15.5 Å². The Hall–Kier alpha value is -2.50. The summed E-state index contributed by atoms with van der Waals surface area (Å²) >= 11 is 0. The topological polar surface area (TPSA) is 76.2 Å². The third kappa shape index (κ3) is 2.91. The Labute approximate surface area is 176 Å². The molecule has 4 saturated carbocycles. The number of hydrogen-bond donors (Lipinski definition) is 2. The van der Waals surface area contributed by atoms with Crippen LogP contribution in [0.4, 0.5) is 0 Å². The van der Waals surface area contributed by atoms with Crippen LogP contribution in [0.25, 0.3) is 11.3 Å². The fourth-order valence-corrected chi connectivity index (χ4v) is 7.17. The maximum Gasteiger partial charge on any atom is 0.269 e. The smallest absolute Gasteiger partial charge is 0.269 e. The number of nitrogens with zero attached hydrogens (tertiary/aromatic N) is 1. The largest absolute Gasteiger partial charge is 0.454 e. The summed E-state index contributed by atoms with van der Waals surface area (Å²) in [5.41, 5.74) is 2.47. The van der Waals surface area contributed by atoms with E-state index in [4.69, 9.17) is 9.47 Å². The average molecular weight is 408 g/mol. The number of ether oxygens (including phenoxy) is 2. The molecule has 4 aliphatic carbocycles. The number of H-pyrrole nitrogens is 1. The Balaban J connectivity index is 1.20. The van der Waals surface area contributed by atoms with Crippen molar-refractivity contribution < 1.29 is 14.3 Å². The standard InChI is InChI=1S/C24H29N3O3/c1-2-22(24-10-14-5-15(11-24)7-16(6-14)12-24)25-23(28)19-9-18(26-27-19)17-3-4-20-21(8-17)30-13-29-20/h3-4,8-9,14-16,22H,2,5-7,10-13H2,1H3,(H,25,28)(H,26,27). The third-order valence-corrected chi connectivity index (χ3v) is 8.03. The fourth-order valence-electron chi connectivity index (χ4n) is 7.17. The number of carbonyl (C=O) groups excluding carboxylic acids is 1. The van der Waals surface area contributed by atoms with Crippen LogP contribution in [-0.4, -0.2) is 28.9 Å². The Morgan fingerprint density at radius 3 is 2.53 bits per heavy atom. The van der Waals surface area contributed by atoms with E-state index < -0.39 is 0 Å². The van der Waals surface area contributed by atoms with Gasteiger partial charge in [0.15, 0.2) is 11.5 Å². The van der Waals surface area contributed by atoms with Gasteiger partial charge >= 0.3 is 0 Å². The van der Waals surface area contributed by atoms with E-state index in [1.165, 1.54) is 38.5 Å². The molecule has 1 aromatic heterocycles. The number of rotatable bonds is 5. The highest BCUT2D eigenvalue weighted by atomic mass is 16.7. The van der Waals surface area contributed by atoms with E-state index >= 15 is 0 Å². The highest BCUT2D eigenvalue weighted by Gasteiger charge is 2.54. The van der Waals surface area contributed by atoms with Crippen molar-refractivity contribution in [3.8, 4) is 22.8 Å². The third-order valence-electron chi connectivity index (χ3n) is 8.03. The quantitative estimate of drug-likeness (QED) is 0.763. The van der Waals surface area contributed by atoms with Gasteiger partial charge < -0.3 is 14.8 Å². The molecule has 1 atom stereocenters. The molecule has 6 nitrogen and oxygen atoms in total. The SMILES string of the molecule is CCC(NC(=O)c1cc(-c2ccc3c(c2)OCO3)n[nH]1)C12CC3CC(CC(C3)C1)C2. The van der Waals surface area contributed by atoms with E-state index in [1.54, 1.807) is 0 Å². The molecule has 1 aliphatic heterocycles. The van der Waals surface area contributed by atoms with Crippen molar-refractivity contribution in [1.29, 1.82) is 0 Å². The molecule has 7 rings (SSSR count). The van der Waals surface area contributed by atoms with Crippen LogP contribution in [0.15, 0.2) is 24.3 Å². The van der Waals surface area contributed by atoms with E-state index in [-0.39, 0.29) is 18.7 Å². The molecule has 0 radical (unpaired) electrons. The Morgan fingerprint density at radius 2 is 1.83 bits per heavy atom. The molecule has 4 bridgehead atoms. The number of aromatic nitrogens is 2. The molecule has 1 aromatic carbocycles. The van der Waals surface area contributed by atoms with Gasteiger partial charge in [0.1, 0.15) is 5.69 Å². The first-order valence-electron chi connectivity index (χ1n) is 11.4. The van der Waals surface area contributed by atoms with E-state index in [2.05, 4.69) is 22.4 Å². The molecule has 0 spiro atoms. The molecule has 4 fully saturated rings. The predicted octanol–water partition coefficient (Wildman–Crippen LogP) is 4.53. The Kier molecular flexibility index (Phi) is 4.12. The number of hydrogen-bond acceptors (Lipinski definition) is 4. The van der Waals surface area contributed by atoms with Crippen molar-refractivity contribution in [2.75, 3.05) is 6.79 Å². The van der Waals surface area contributed by atoms with E-state index in [1.807, 2.05) is 24.3 Å². The van der Waals surface area contributed by atoms with Crippen LogP contribution in [0, 0.1) is 23.2 Å². The van der Waals surface area contributed by atoms with Crippen molar-refractivity contribution in [3.05, 3.63) is 30.0 Å². The lowest BCUT2D eigenvalue weighted by Crippen LogP contribution is -2.56. The van der Waals surface area contributed by atoms with Crippen LogP contribution in [0.2, 0.25) is 0 Å². The maximum atomic E-state index is 13.1. The van der Waals surface area contributed by atoms with Gasteiger partial charge in [-0.25, -0.2) is 0 Å². The molecule has 2 heterocycles. The second kappa shape index (κ2) is 6.76. The summed E-state index contributed by atoms with van der Waals surface area (Å²) in [6.45, 7) is 2.46. The Bertz CT molecular complexity index is 947. The lowest BCUT2D eigenvalue weighted by Gasteiger charge is -2.59. The van der Waals surface area contributed by atoms with Gasteiger partial charge in [0, 0.05) is 11.6 Å². The van der Waals surface area contributed by atoms with Crippen LogP contribution < -0.4 is 14.8 Å². The molecule has 158 valence electrons. The van der Waals surface area contributed by atoms with Gasteiger partial charge in [-0.15, -0.1) is 0 Å². The zero-order chi connectivity index (χ0) is 20.3. The van der Waals surface area contributed by atoms with E-state index in [0.717, 1.165) is 46.9 Å². The second-order valence-electron chi connectivity index (χ2n) is 9.95. The van der Waals surface area contributed by atoms with Gasteiger partial charge in [0.05, 0.1) is 5.69 Å². The first-order valence-corrected chi connectivity index (χ1v) is 11.4. The first kappa shape index (κ1) is 18.3. The summed E-state index contributed by atoms with van der Waals surface area (Å²) < 4.78 is 10.8. The van der Waals surface area contributed by atoms with Crippen LogP contribution >= 0.6 is 0 Å². The van der Waals surface area contributed by atoms with Crippen molar-refractivity contribution in [3.63, 3.8) is 0 Å². The van der Waals surface area contributed by atoms with Crippen molar-refractivity contribution >= 4 is 5.91 Å². The molecule has 2 aromatic rings. The number of nitrogens with one attached hydrogen (secondary N) is 2. The van der Waals surface area contributed by atoms with Gasteiger partial charge in [-0.05, 0) is 92.4 Å². The normalized spacial score (nSPS) is 31.7. The highest BCUT2D eigenvalue weighted by molar-refractivity contribution is 5.93. The van der Waals surface area contributed by atoms with Gasteiger partial charge in [-0.1, -0.05) is 6.92 Å². The number of benzene rings is 1. The summed E-state index contributed by atoms with van der Waals surface area (Å²) in [5, 5.41) is 10.7. The number of aromatic amines is 1. The first-order chi connectivity index (χ1) is 14.6. The molecule has 1 amide bonds. The number of carbonyl (C=O) groups is 1. The van der Waals surface area contributed by atoms with Gasteiger partial charge in [-0.3, -0.25) is 9.89 Å². The fraction of sp³-hybridized carbons (Fsp3) is 0.583. The zero-order valence-electron chi connectivity index (χ0n) is 17.4. The lowest BCUT2D eigenvalue weighted by atomic mass is 9.47. The van der Waals surface area contributed by atoms with Crippen LogP contribution in [0.3, 0.4) is 0 Å². The van der Waals surface area contributed by atoms with Gasteiger partial charge in [0.2, 0.25) is 6.79 Å². The predicted molar refractivity (Wildman–Crippen MR) is 112 cm³/mol. The molecule has 0 saturated heterocycles. The van der Waals surface area contributed by atoms with Crippen molar-refractivity contribution in [2.24, 2.45) is 23.2 Å². The molecule has 2 N–H and O–H groups in total. The summed E-state index contributed by atoms with van der Waals surface area (Å²) in [5.74, 6) is 4.06. The van der Waals surface area contributed by atoms with E-state index in [0.29, 0.717) is 11.1 Å². The van der Waals surface area contributed by atoms with Gasteiger partial charge in [0.25, 0.3) is 5.91 Å². The molecular formula is C24H29N3O3. The van der Waals surface area contributed by atoms with Crippen molar-refractivity contribution in [2.45, 2.75) is 57.9 Å². The van der Waals surface area contributed by atoms with Crippen LogP contribution in [0.5, 0.6) is 11.5 Å². The minimum absolute atomic E-state index is 0.0444. The monoisotopic (exact) mass is 407 g/mol.